The molecule has 5 nitrogen and oxygen atoms in total. The first kappa shape index (κ1) is 17.2. The molecule has 0 aliphatic carbocycles. The van der Waals surface area contributed by atoms with E-state index in [1.54, 1.807) is 30.6 Å². The van der Waals surface area contributed by atoms with E-state index in [0.717, 1.165) is 22.0 Å². The number of fused-ring (bicyclic) bond motifs is 2. The highest BCUT2D eigenvalue weighted by molar-refractivity contribution is 5.83. The number of halogens is 1. The number of hydrogen-bond donors (Lipinski definition) is 0. The van der Waals surface area contributed by atoms with Gasteiger partial charge in [0.15, 0.2) is 5.65 Å². The first-order chi connectivity index (χ1) is 14.2. The van der Waals surface area contributed by atoms with Gasteiger partial charge in [0.05, 0.1) is 23.8 Å². The second-order valence-corrected chi connectivity index (χ2v) is 6.75. The molecule has 0 spiro atoms. The van der Waals surface area contributed by atoms with Gasteiger partial charge in [-0.2, -0.15) is 0 Å². The van der Waals surface area contributed by atoms with Crippen molar-refractivity contribution in [1.82, 2.24) is 19.5 Å². The van der Waals surface area contributed by atoms with Gasteiger partial charge in [0.2, 0.25) is 0 Å². The van der Waals surface area contributed by atoms with E-state index in [1.165, 1.54) is 16.8 Å². The third kappa shape index (κ3) is 3.14. The second-order valence-electron chi connectivity index (χ2n) is 6.75. The Kier molecular flexibility index (Phi) is 4.09. The van der Waals surface area contributed by atoms with Crippen LogP contribution in [0.5, 0.6) is 0 Å². The highest BCUT2D eigenvalue weighted by atomic mass is 19.1. The van der Waals surface area contributed by atoms with Crippen molar-refractivity contribution in [2.24, 2.45) is 0 Å². The summed E-state index contributed by atoms with van der Waals surface area (Å²) in [5.41, 5.74) is 3.61. The molecule has 0 aliphatic rings. The lowest BCUT2D eigenvalue weighted by Crippen LogP contribution is -2.21. The van der Waals surface area contributed by atoms with Crippen LogP contribution in [0, 0.1) is 5.82 Å². The van der Waals surface area contributed by atoms with Crippen molar-refractivity contribution < 1.29 is 4.39 Å². The summed E-state index contributed by atoms with van der Waals surface area (Å²) in [5.74, 6) is -0.378. The molecule has 140 valence electrons. The summed E-state index contributed by atoms with van der Waals surface area (Å²) >= 11 is 0. The number of hydrogen-bond acceptors (Lipinski definition) is 4. The number of nitrogens with zero attached hydrogens (tertiary/aromatic N) is 4. The van der Waals surface area contributed by atoms with Crippen LogP contribution in [0.25, 0.3) is 33.2 Å². The van der Waals surface area contributed by atoms with Gasteiger partial charge in [0, 0.05) is 28.9 Å². The van der Waals surface area contributed by atoms with E-state index >= 15 is 0 Å². The normalized spacial score (nSPS) is 11.2. The summed E-state index contributed by atoms with van der Waals surface area (Å²) in [4.78, 5) is 24.9. The zero-order valence-corrected chi connectivity index (χ0v) is 15.3. The van der Waals surface area contributed by atoms with Crippen LogP contribution in [0.4, 0.5) is 4.39 Å². The molecular weight excluding hydrogens is 367 g/mol. The molecule has 0 atom stereocenters. The van der Waals surface area contributed by atoms with Gasteiger partial charge in [-0.25, -0.2) is 14.4 Å². The first-order valence-corrected chi connectivity index (χ1v) is 9.13. The molecule has 0 bridgehead atoms. The number of para-hydroxylation sites is 1. The van der Waals surface area contributed by atoms with Gasteiger partial charge in [-0.3, -0.25) is 14.3 Å². The molecule has 0 fully saturated rings. The predicted molar refractivity (Wildman–Crippen MR) is 110 cm³/mol. The van der Waals surface area contributed by atoms with E-state index < -0.39 is 0 Å². The Bertz CT molecular complexity index is 1430. The summed E-state index contributed by atoms with van der Waals surface area (Å²) in [6.45, 7) is 0.103. The monoisotopic (exact) mass is 382 g/mol. The third-order valence-electron chi connectivity index (χ3n) is 4.93. The van der Waals surface area contributed by atoms with Gasteiger partial charge in [0.25, 0.3) is 5.56 Å². The summed E-state index contributed by atoms with van der Waals surface area (Å²) in [7, 11) is 0. The first-order valence-electron chi connectivity index (χ1n) is 9.13. The van der Waals surface area contributed by atoms with Crippen LogP contribution in [0.3, 0.4) is 0 Å². The maximum absolute atomic E-state index is 14.9. The molecule has 0 aliphatic heterocycles. The topological polar surface area (TPSA) is 60.7 Å². The fourth-order valence-electron chi connectivity index (χ4n) is 3.42. The van der Waals surface area contributed by atoms with Crippen molar-refractivity contribution in [3.05, 3.63) is 101 Å². The molecule has 0 amide bonds. The minimum Gasteiger partial charge on any atom is -0.299 e. The van der Waals surface area contributed by atoms with E-state index in [1.807, 2.05) is 36.4 Å². The van der Waals surface area contributed by atoms with Gasteiger partial charge < -0.3 is 0 Å². The van der Waals surface area contributed by atoms with Crippen LogP contribution in [0.15, 0.2) is 84.0 Å². The van der Waals surface area contributed by atoms with Crippen LogP contribution < -0.4 is 5.56 Å². The SMILES string of the molecule is O=c1cnc2ncccc2n1Cc1ccc(-c2cnc3ccccc3c2)cc1F. The maximum atomic E-state index is 14.9. The van der Waals surface area contributed by atoms with Crippen LogP contribution in [-0.2, 0) is 6.54 Å². The van der Waals surface area contributed by atoms with E-state index in [2.05, 4.69) is 15.0 Å². The van der Waals surface area contributed by atoms with E-state index in [0.29, 0.717) is 16.7 Å². The fraction of sp³-hybridized carbons (Fsp3) is 0.0435. The average molecular weight is 382 g/mol. The summed E-state index contributed by atoms with van der Waals surface area (Å²) < 4.78 is 16.4. The van der Waals surface area contributed by atoms with Gasteiger partial charge in [0.1, 0.15) is 5.82 Å². The molecule has 0 unspecified atom stereocenters. The average Bonchev–Trinajstić information content (AvgIpc) is 2.76. The van der Waals surface area contributed by atoms with Crippen LogP contribution in [0.1, 0.15) is 5.56 Å². The van der Waals surface area contributed by atoms with Crippen molar-refractivity contribution in [2.75, 3.05) is 0 Å². The lowest BCUT2D eigenvalue weighted by Gasteiger charge is -2.11. The summed E-state index contributed by atoms with van der Waals surface area (Å²) in [6.07, 6.45) is 4.56. The lowest BCUT2D eigenvalue weighted by atomic mass is 10.0. The van der Waals surface area contributed by atoms with E-state index in [-0.39, 0.29) is 17.9 Å². The van der Waals surface area contributed by atoms with Crippen molar-refractivity contribution in [1.29, 1.82) is 0 Å². The molecular formula is C23H15FN4O. The number of aromatic nitrogens is 4. The number of pyridine rings is 2. The Hall–Kier alpha value is -3.93. The Morgan fingerprint density at radius 2 is 1.76 bits per heavy atom. The van der Waals surface area contributed by atoms with Crippen molar-refractivity contribution >= 4 is 22.1 Å². The van der Waals surface area contributed by atoms with E-state index in [4.69, 9.17) is 0 Å². The minimum atomic E-state index is -0.378. The number of benzene rings is 2. The smallest absolute Gasteiger partial charge is 0.269 e. The molecule has 2 aromatic carbocycles. The van der Waals surface area contributed by atoms with Crippen molar-refractivity contribution in [3.63, 3.8) is 0 Å². The molecule has 5 aromatic rings. The molecule has 3 aromatic heterocycles. The summed E-state index contributed by atoms with van der Waals surface area (Å²) in [6, 6.07) is 18.3. The number of rotatable bonds is 3. The fourth-order valence-corrected chi connectivity index (χ4v) is 3.42. The van der Waals surface area contributed by atoms with Crippen LogP contribution in [0.2, 0.25) is 0 Å². The van der Waals surface area contributed by atoms with Crippen LogP contribution >= 0.6 is 0 Å². The highest BCUT2D eigenvalue weighted by Gasteiger charge is 2.10. The zero-order valence-electron chi connectivity index (χ0n) is 15.3. The molecule has 0 N–H and O–H groups in total. The van der Waals surface area contributed by atoms with Gasteiger partial charge in [-0.1, -0.05) is 30.3 Å². The largest absolute Gasteiger partial charge is 0.299 e. The molecule has 5 rings (SSSR count). The highest BCUT2D eigenvalue weighted by Crippen LogP contribution is 2.25. The standard InChI is InChI=1S/C23H15FN4O/c24-19-11-15(18-10-16-4-1-2-5-20(16)26-12-18)7-8-17(19)14-28-21-6-3-9-25-23(21)27-13-22(28)29/h1-13H,14H2. The molecule has 0 saturated heterocycles. The third-order valence-corrected chi connectivity index (χ3v) is 4.93. The Morgan fingerprint density at radius 1 is 0.862 bits per heavy atom. The Labute approximate surface area is 165 Å². The molecule has 0 saturated carbocycles. The quantitative estimate of drug-likeness (QED) is 0.469. The lowest BCUT2D eigenvalue weighted by molar-refractivity contribution is 0.599. The van der Waals surface area contributed by atoms with Crippen LogP contribution in [-0.4, -0.2) is 19.5 Å². The maximum Gasteiger partial charge on any atom is 0.269 e. The Balaban J connectivity index is 1.53. The molecule has 0 radical (unpaired) electrons. The molecule has 3 heterocycles. The molecule has 6 heteroatoms. The predicted octanol–water partition coefficient (Wildman–Crippen LogP) is 4.19. The van der Waals surface area contributed by atoms with Gasteiger partial charge in [-0.05, 0) is 35.9 Å². The van der Waals surface area contributed by atoms with Gasteiger partial charge >= 0.3 is 0 Å². The van der Waals surface area contributed by atoms with Crippen molar-refractivity contribution in [3.8, 4) is 11.1 Å². The molecule has 29 heavy (non-hydrogen) atoms. The zero-order chi connectivity index (χ0) is 19.8. The van der Waals surface area contributed by atoms with Gasteiger partial charge in [-0.15, -0.1) is 0 Å². The Morgan fingerprint density at radius 3 is 2.66 bits per heavy atom. The van der Waals surface area contributed by atoms with E-state index in [9.17, 15) is 9.18 Å². The minimum absolute atomic E-state index is 0.103. The summed E-state index contributed by atoms with van der Waals surface area (Å²) in [5, 5.41) is 0.997. The second kappa shape index (κ2) is 6.91. The van der Waals surface area contributed by atoms with Crippen molar-refractivity contribution in [2.45, 2.75) is 6.54 Å².